The van der Waals surface area contributed by atoms with E-state index in [9.17, 15) is 4.79 Å². The summed E-state index contributed by atoms with van der Waals surface area (Å²) < 4.78 is 6.91. The van der Waals surface area contributed by atoms with Crippen LogP contribution in [0.4, 0.5) is 0 Å². The van der Waals surface area contributed by atoms with Crippen LogP contribution in [-0.4, -0.2) is 32.7 Å². The van der Waals surface area contributed by atoms with Gasteiger partial charge in [0.15, 0.2) is 0 Å². The summed E-state index contributed by atoms with van der Waals surface area (Å²) in [5.41, 5.74) is 0.815. The van der Waals surface area contributed by atoms with E-state index >= 15 is 0 Å². The Kier molecular flexibility index (Phi) is 3.34. The van der Waals surface area contributed by atoms with Crippen LogP contribution in [0.3, 0.4) is 0 Å². The molecule has 2 rings (SSSR count). The minimum atomic E-state index is -0.877. The van der Waals surface area contributed by atoms with Crippen molar-refractivity contribution in [3.05, 3.63) is 36.7 Å². The lowest BCUT2D eigenvalue weighted by Gasteiger charge is -2.06. The number of ether oxygens (including phenoxy) is 1. The third-order valence-corrected chi connectivity index (χ3v) is 2.09. The van der Waals surface area contributed by atoms with Crippen LogP contribution >= 0.6 is 0 Å². The van der Waals surface area contributed by atoms with Gasteiger partial charge >= 0.3 is 5.97 Å². The third-order valence-electron chi connectivity index (χ3n) is 2.09. The largest absolute Gasteiger partial charge is 0.493 e. The first-order chi connectivity index (χ1) is 8.25. The summed E-state index contributed by atoms with van der Waals surface area (Å²) in [5.74, 6) is -0.267. The van der Waals surface area contributed by atoms with Crippen LogP contribution in [0.5, 0.6) is 5.75 Å². The van der Waals surface area contributed by atoms with Gasteiger partial charge in [-0.3, -0.25) is 4.79 Å². The number of hydrogen-bond donors (Lipinski definition) is 1. The van der Waals surface area contributed by atoms with Gasteiger partial charge in [0.1, 0.15) is 5.75 Å². The molecule has 0 aliphatic carbocycles. The first-order valence-corrected chi connectivity index (χ1v) is 5.07. The summed E-state index contributed by atoms with van der Waals surface area (Å²) in [6, 6.07) is 7.21. The van der Waals surface area contributed by atoms with E-state index in [0.29, 0.717) is 5.75 Å². The number of aliphatic carboxylic acids is 1. The third kappa shape index (κ3) is 3.04. The second-order valence-corrected chi connectivity index (χ2v) is 3.34. The van der Waals surface area contributed by atoms with Crippen molar-refractivity contribution in [3.8, 4) is 11.4 Å². The standard InChI is InChI=1S/C11H11N3O3/c15-11(16)4-7-17-10-3-1-2-9(8-10)14-6-5-12-13-14/h1-3,5-6,8H,4,7H2,(H,15,16). The highest BCUT2D eigenvalue weighted by Gasteiger charge is 2.01. The quantitative estimate of drug-likeness (QED) is 0.837. The monoisotopic (exact) mass is 233 g/mol. The Labute approximate surface area is 97.4 Å². The molecule has 1 aromatic carbocycles. The van der Waals surface area contributed by atoms with E-state index in [1.165, 1.54) is 0 Å². The highest BCUT2D eigenvalue weighted by Crippen LogP contribution is 2.15. The molecule has 1 heterocycles. The lowest BCUT2D eigenvalue weighted by molar-refractivity contribution is -0.137. The molecule has 17 heavy (non-hydrogen) atoms. The Balaban J connectivity index is 2.04. The summed E-state index contributed by atoms with van der Waals surface area (Å²) in [4.78, 5) is 10.3. The van der Waals surface area contributed by atoms with Crippen LogP contribution in [0, 0.1) is 0 Å². The summed E-state index contributed by atoms with van der Waals surface area (Å²) in [6.07, 6.45) is 3.28. The van der Waals surface area contributed by atoms with Crippen LogP contribution < -0.4 is 4.74 Å². The lowest BCUT2D eigenvalue weighted by Crippen LogP contribution is -2.05. The van der Waals surface area contributed by atoms with Gasteiger partial charge in [-0.15, -0.1) is 5.10 Å². The topological polar surface area (TPSA) is 77.2 Å². The molecule has 0 amide bonds. The smallest absolute Gasteiger partial charge is 0.306 e. The normalized spacial score (nSPS) is 10.1. The van der Waals surface area contributed by atoms with Gasteiger partial charge in [0, 0.05) is 6.07 Å². The lowest BCUT2D eigenvalue weighted by atomic mass is 10.3. The molecular weight excluding hydrogens is 222 g/mol. The second-order valence-electron chi connectivity index (χ2n) is 3.34. The molecule has 0 unspecified atom stereocenters. The fourth-order valence-electron chi connectivity index (χ4n) is 1.32. The SMILES string of the molecule is O=C(O)CCOc1cccc(-n2ccnn2)c1. The number of rotatable bonds is 5. The molecule has 0 bridgehead atoms. The maximum Gasteiger partial charge on any atom is 0.306 e. The Morgan fingerprint density at radius 1 is 1.47 bits per heavy atom. The van der Waals surface area contributed by atoms with Crippen molar-refractivity contribution in [1.82, 2.24) is 15.0 Å². The fraction of sp³-hybridized carbons (Fsp3) is 0.182. The Bertz CT molecular complexity index is 496. The van der Waals surface area contributed by atoms with Crippen LogP contribution in [0.1, 0.15) is 6.42 Å². The van der Waals surface area contributed by atoms with Gasteiger partial charge in [-0.05, 0) is 12.1 Å². The van der Waals surface area contributed by atoms with E-state index < -0.39 is 5.97 Å². The maximum absolute atomic E-state index is 10.3. The van der Waals surface area contributed by atoms with Crippen molar-refractivity contribution in [3.63, 3.8) is 0 Å². The van der Waals surface area contributed by atoms with Crippen LogP contribution in [0.25, 0.3) is 5.69 Å². The van der Waals surface area contributed by atoms with Crippen molar-refractivity contribution in [2.45, 2.75) is 6.42 Å². The van der Waals surface area contributed by atoms with E-state index in [1.807, 2.05) is 12.1 Å². The van der Waals surface area contributed by atoms with Gasteiger partial charge < -0.3 is 9.84 Å². The summed E-state index contributed by atoms with van der Waals surface area (Å²) in [5, 5.41) is 16.1. The highest BCUT2D eigenvalue weighted by molar-refractivity contribution is 5.66. The van der Waals surface area contributed by atoms with E-state index in [1.54, 1.807) is 29.2 Å². The number of benzene rings is 1. The first kappa shape index (κ1) is 11.1. The second kappa shape index (κ2) is 5.11. The molecule has 6 nitrogen and oxygen atoms in total. The van der Waals surface area contributed by atoms with E-state index in [0.717, 1.165) is 5.69 Å². The van der Waals surface area contributed by atoms with Gasteiger partial charge in [-0.1, -0.05) is 11.3 Å². The van der Waals surface area contributed by atoms with Crippen LogP contribution in [0.2, 0.25) is 0 Å². The fourth-order valence-corrected chi connectivity index (χ4v) is 1.32. The summed E-state index contributed by atoms with van der Waals surface area (Å²) in [7, 11) is 0. The minimum absolute atomic E-state index is 0.0203. The number of carbonyl (C=O) groups is 1. The van der Waals surface area contributed by atoms with Crippen LogP contribution in [0.15, 0.2) is 36.7 Å². The Morgan fingerprint density at radius 2 is 2.35 bits per heavy atom. The van der Waals surface area contributed by atoms with Gasteiger partial charge in [0.05, 0.1) is 31.1 Å². The van der Waals surface area contributed by atoms with Crippen molar-refractivity contribution >= 4 is 5.97 Å². The van der Waals surface area contributed by atoms with Crippen molar-refractivity contribution in [2.24, 2.45) is 0 Å². The maximum atomic E-state index is 10.3. The van der Waals surface area contributed by atoms with Crippen molar-refractivity contribution < 1.29 is 14.6 Å². The molecule has 0 radical (unpaired) electrons. The van der Waals surface area contributed by atoms with Crippen LogP contribution in [-0.2, 0) is 4.79 Å². The Morgan fingerprint density at radius 3 is 3.06 bits per heavy atom. The van der Waals surface area contributed by atoms with Gasteiger partial charge in [-0.25, -0.2) is 4.68 Å². The molecule has 1 N–H and O–H groups in total. The molecule has 88 valence electrons. The van der Waals surface area contributed by atoms with Crippen molar-refractivity contribution in [1.29, 1.82) is 0 Å². The van der Waals surface area contributed by atoms with Gasteiger partial charge in [0.25, 0.3) is 0 Å². The minimum Gasteiger partial charge on any atom is -0.493 e. The molecule has 0 saturated heterocycles. The Hall–Kier alpha value is -2.37. The van der Waals surface area contributed by atoms with E-state index in [4.69, 9.17) is 9.84 Å². The summed E-state index contributed by atoms with van der Waals surface area (Å²) in [6.45, 7) is 0.149. The predicted octanol–water partition coefficient (Wildman–Crippen LogP) is 1.12. The predicted molar refractivity (Wildman–Crippen MR) is 59.1 cm³/mol. The molecule has 2 aromatic rings. The molecule has 0 saturated carbocycles. The number of hydrogen-bond acceptors (Lipinski definition) is 4. The number of carboxylic acid groups (broad SMARTS) is 1. The molecule has 0 aliphatic heterocycles. The average molecular weight is 233 g/mol. The molecule has 6 heteroatoms. The first-order valence-electron chi connectivity index (χ1n) is 5.07. The molecule has 1 aromatic heterocycles. The zero-order valence-electron chi connectivity index (χ0n) is 8.98. The molecule has 0 atom stereocenters. The van der Waals surface area contributed by atoms with Gasteiger partial charge in [-0.2, -0.15) is 0 Å². The van der Waals surface area contributed by atoms with E-state index in [-0.39, 0.29) is 13.0 Å². The summed E-state index contributed by atoms with van der Waals surface area (Å²) >= 11 is 0. The molecular formula is C11H11N3O3. The van der Waals surface area contributed by atoms with E-state index in [2.05, 4.69) is 10.3 Å². The molecule has 0 fully saturated rings. The molecule has 0 aliphatic rings. The van der Waals surface area contributed by atoms with Gasteiger partial charge in [0.2, 0.25) is 0 Å². The zero-order chi connectivity index (χ0) is 12.1. The number of nitrogens with zero attached hydrogens (tertiary/aromatic N) is 3. The average Bonchev–Trinajstić information content (AvgIpc) is 2.82. The number of aromatic nitrogens is 3. The zero-order valence-corrected chi connectivity index (χ0v) is 8.98. The number of carboxylic acids is 1. The highest BCUT2D eigenvalue weighted by atomic mass is 16.5. The van der Waals surface area contributed by atoms with Crippen molar-refractivity contribution in [2.75, 3.05) is 6.61 Å². The molecule has 0 spiro atoms.